The van der Waals surface area contributed by atoms with Crippen molar-refractivity contribution in [1.29, 1.82) is 0 Å². The Hall–Kier alpha value is -0.120. The maximum Gasteiger partial charge on any atom is 0.0696 e. The molecular formula is C10H19NO2. The van der Waals surface area contributed by atoms with Crippen molar-refractivity contribution in [3.05, 3.63) is 0 Å². The topological polar surface area (TPSA) is 32.7 Å². The molecule has 0 bridgehead atoms. The monoisotopic (exact) mass is 185 g/mol. The Bertz CT molecular complexity index is 166. The third kappa shape index (κ3) is 1.87. The van der Waals surface area contributed by atoms with Gasteiger partial charge in [-0.15, -0.1) is 0 Å². The molecule has 1 heterocycles. The average Bonchev–Trinajstić information content (AvgIpc) is 2.17. The van der Waals surface area contributed by atoms with E-state index in [-0.39, 0.29) is 6.10 Å². The molecule has 0 spiro atoms. The molecule has 2 fully saturated rings. The molecule has 0 radical (unpaired) electrons. The van der Waals surface area contributed by atoms with Crippen LogP contribution in [0.15, 0.2) is 0 Å². The molecular weight excluding hydrogens is 166 g/mol. The van der Waals surface area contributed by atoms with Gasteiger partial charge < -0.3 is 9.84 Å². The first kappa shape index (κ1) is 9.44. The summed E-state index contributed by atoms with van der Waals surface area (Å²) in [6, 6.07) is 0.456. The van der Waals surface area contributed by atoms with Gasteiger partial charge in [0.25, 0.3) is 0 Å². The Kier molecular flexibility index (Phi) is 2.86. The van der Waals surface area contributed by atoms with E-state index in [1.807, 2.05) is 0 Å². The summed E-state index contributed by atoms with van der Waals surface area (Å²) in [6.07, 6.45) is 4.82. The molecule has 0 aromatic rings. The minimum atomic E-state index is -0.0564. The molecule has 3 heteroatoms. The summed E-state index contributed by atoms with van der Waals surface area (Å²) in [5.41, 5.74) is 0. The lowest BCUT2D eigenvalue weighted by molar-refractivity contribution is -0.0498. The van der Waals surface area contributed by atoms with Crippen molar-refractivity contribution in [3.63, 3.8) is 0 Å². The van der Waals surface area contributed by atoms with E-state index in [9.17, 15) is 5.11 Å². The van der Waals surface area contributed by atoms with Crippen molar-refractivity contribution in [2.24, 2.45) is 0 Å². The fourth-order valence-corrected chi connectivity index (χ4v) is 2.33. The van der Waals surface area contributed by atoms with Gasteiger partial charge in [-0.3, -0.25) is 4.90 Å². The first-order valence-electron chi connectivity index (χ1n) is 5.26. The molecule has 1 saturated carbocycles. The van der Waals surface area contributed by atoms with Crippen molar-refractivity contribution in [1.82, 2.24) is 4.90 Å². The second kappa shape index (κ2) is 3.95. The third-order valence-corrected chi connectivity index (χ3v) is 3.48. The number of rotatable bonds is 2. The Morgan fingerprint density at radius 1 is 1.15 bits per heavy atom. The van der Waals surface area contributed by atoms with Gasteiger partial charge in [-0.1, -0.05) is 0 Å². The number of hydrogen-bond donors (Lipinski definition) is 1. The largest absolute Gasteiger partial charge is 0.391 e. The number of ether oxygens (including phenoxy) is 1. The van der Waals surface area contributed by atoms with Gasteiger partial charge in [0.15, 0.2) is 0 Å². The van der Waals surface area contributed by atoms with E-state index in [2.05, 4.69) is 4.90 Å². The molecule has 1 aliphatic carbocycles. The standard InChI is InChI=1S/C10H19NO2/c1-13-8-4-6-11(7-5-8)9-2-3-10(9)12/h8-10,12H,2-7H2,1H3/t9-,10-/m1/s1. The zero-order valence-electron chi connectivity index (χ0n) is 8.28. The van der Waals surface area contributed by atoms with Gasteiger partial charge in [0.2, 0.25) is 0 Å². The van der Waals surface area contributed by atoms with E-state index in [1.165, 1.54) is 6.42 Å². The second-order valence-corrected chi connectivity index (χ2v) is 4.18. The molecule has 76 valence electrons. The van der Waals surface area contributed by atoms with Gasteiger partial charge in [0, 0.05) is 26.2 Å². The van der Waals surface area contributed by atoms with Crippen LogP contribution in [0.5, 0.6) is 0 Å². The number of aliphatic hydroxyl groups excluding tert-OH is 1. The summed E-state index contributed by atoms with van der Waals surface area (Å²) in [7, 11) is 1.79. The maximum absolute atomic E-state index is 9.51. The Labute approximate surface area is 79.7 Å². The van der Waals surface area contributed by atoms with Crippen LogP contribution in [0.25, 0.3) is 0 Å². The third-order valence-electron chi connectivity index (χ3n) is 3.48. The number of likely N-dealkylation sites (tertiary alicyclic amines) is 1. The fraction of sp³-hybridized carbons (Fsp3) is 1.00. The Morgan fingerprint density at radius 2 is 1.85 bits per heavy atom. The number of piperidine rings is 1. The van der Waals surface area contributed by atoms with E-state index >= 15 is 0 Å². The Morgan fingerprint density at radius 3 is 2.23 bits per heavy atom. The number of methoxy groups -OCH3 is 1. The summed E-state index contributed by atoms with van der Waals surface area (Å²) in [4.78, 5) is 2.42. The molecule has 0 unspecified atom stereocenters. The normalized spacial score (nSPS) is 37.4. The molecule has 2 atom stereocenters. The minimum absolute atomic E-state index is 0.0564. The van der Waals surface area contributed by atoms with Crippen LogP contribution in [-0.4, -0.2) is 48.5 Å². The molecule has 1 saturated heterocycles. The van der Waals surface area contributed by atoms with Crippen LogP contribution in [0.2, 0.25) is 0 Å². The molecule has 1 aliphatic heterocycles. The SMILES string of the molecule is COC1CCN([C@@H]2CC[C@H]2O)CC1. The quantitative estimate of drug-likeness (QED) is 0.684. The first-order valence-corrected chi connectivity index (χ1v) is 5.26. The highest BCUT2D eigenvalue weighted by Crippen LogP contribution is 2.28. The summed E-state index contributed by atoms with van der Waals surface area (Å²) in [6.45, 7) is 2.19. The number of nitrogens with zero attached hydrogens (tertiary/aromatic N) is 1. The van der Waals surface area contributed by atoms with Crippen LogP contribution in [0, 0.1) is 0 Å². The molecule has 0 amide bonds. The van der Waals surface area contributed by atoms with Crippen LogP contribution in [-0.2, 0) is 4.74 Å². The molecule has 1 N–H and O–H groups in total. The predicted molar refractivity (Wildman–Crippen MR) is 50.6 cm³/mol. The number of hydrogen-bond acceptors (Lipinski definition) is 3. The van der Waals surface area contributed by atoms with Crippen molar-refractivity contribution in [2.75, 3.05) is 20.2 Å². The van der Waals surface area contributed by atoms with Crippen molar-refractivity contribution < 1.29 is 9.84 Å². The summed E-state index contributed by atoms with van der Waals surface area (Å²) in [5, 5.41) is 9.51. The minimum Gasteiger partial charge on any atom is -0.391 e. The maximum atomic E-state index is 9.51. The van der Waals surface area contributed by atoms with E-state index in [0.717, 1.165) is 32.4 Å². The van der Waals surface area contributed by atoms with Gasteiger partial charge in [0.1, 0.15) is 0 Å². The highest BCUT2D eigenvalue weighted by atomic mass is 16.5. The fourth-order valence-electron chi connectivity index (χ4n) is 2.33. The predicted octanol–water partition coefficient (Wildman–Crippen LogP) is 0.620. The summed E-state index contributed by atoms with van der Waals surface area (Å²) >= 11 is 0. The molecule has 2 rings (SSSR count). The van der Waals surface area contributed by atoms with E-state index in [1.54, 1.807) is 7.11 Å². The lowest BCUT2D eigenvalue weighted by atomic mass is 9.86. The Balaban J connectivity index is 1.77. The smallest absolute Gasteiger partial charge is 0.0696 e. The average molecular weight is 185 g/mol. The van der Waals surface area contributed by atoms with Gasteiger partial charge in [-0.25, -0.2) is 0 Å². The molecule has 0 aromatic heterocycles. The first-order chi connectivity index (χ1) is 6.31. The van der Waals surface area contributed by atoms with Crippen LogP contribution < -0.4 is 0 Å². The summed E-state index contributed by atoms with van der Waals surface area (Å²) < 4.78 is 5.31. The highest BCUT2D eigenvalue weighted by Gasteiger charge is 2.35. The van der Waals surface area contributed by atoms with Crippen LogP contribution in [0.4, 0.5) is 0 Å². The van der Waals surface area contributed by atoms with E-state index in [0.29, 0.717) is 12.1 Å². The van der Waals surface area contributed by atoms with E-state index in [4.69, 9.17) is 4.74 Å². The lowest BCUT2D eigenvalue weighted by Gasteiger charge is -2.44. The summed E-state index contributed by atoms with van der Waals surface area (Å²) in [5.74, 6) is 0. The molecule has 2 aliphatic rings. The van der Waals surface area contributed by atoms with Gasteiger partial charge in [-0.05, 0) is 25.7 Å². The van der Waals surface area contributed by atoms with Gasteiger partial charge in [-0.2, -0.15) is 0 Å². The van der Waals surface area contributed by atoms with Crippen LogP contribution in [0.1, 0.15) is 25.7 Å². The zero-order chi connectivity index (χ0) is 9.26. The zero-order valence-corrected chi connectivity index (χ0v) is 8.28. The highest BCUT2D eigenvalue weighted by molar-refractivity contribution is 4.90. The molecule has 3 nitrogen and oxygen atoms in total. The lowest BCUT2D eigenvalue weighted by Crippen LogP contribution is -2.53. The second-order valence-electron chi connectivity index (χ2n) is 4.18. The van der Waals surface area contributed by atoms with Gasteiger partial charge in [0.05, 0.1) is 12.2 Å². The van der Waals surface area contributed by atoms with Crippen molar-refractivity contribution in [3.8, 4) is 0 Å². The van der Waals surface area contributed by atoms with Gasteiger partial charge >= 0.3 is 0 Å². The molecule has 13 heavy (non-hydrogen) atoms. The van der Waals surface area contributed by atoms with Crippen molar-refractivity contribution >= 4 is 0 Å². The molecule has 0 aromatic carbocycles. The van der Waals surface area contributed by atoms with Crippen LogP contribution in [0.3, 0.4) is 0 Å². The van der Waals surface area contributed by atoms with Crippen LogP contribution >= 0.6 is 0 Å². The van der Waals surface area contributed by atoms with E-state index < -0.39 is 0 Å². The van der Waals surface area contributed by atoms with Crippen molar-refractivity contribution in [2.45, 2.75) is 43.9 Å². The number of aliphatic hydroxyl groups is 1.